The Kier molecular flexibility index (Phi) is 5.05. The van der Waals surface area contributed by atoms with Gasteiger partial charge in [0.15, 0.2) is 0 Å². The Morgan fingerprint density at radius 1 is 1.39 bits per heavy atom. The lowest BCUT2D eigenvalue weighted by Gasteiger charge is -2.33. The molecule has 2 fully saturated rings. The Labute approximate surface area is 138 Å². The Bertz CT molecular complexity index is 531. The molecular formula is C18H28N2O3. The molecule has 1 amide bonds. The van der Waals surface area contributed by atoms with E-state index in [1.807, 2.05) is 18.7 Å². The van der Waals surface area contributed by atoms with E-state index < -0.39 is 0 Å². The van der Waals surface area contributed by atoms with Gasteiger partial charge in [-0.2, -0.15) is 0 Å². The summed E-state index contributed by atoms with van der Waals surface area (Å²) in [7, 11) is 0. The van der Waals surface area contributed by atoms with Crippen molar-refractivity contribution in [3.8, 4) is 0 Å². The molecule has 2 aliphatic rings. The number of aromatic nitrogens is 1. The van der Waals surface area contributed by atoms with Gasteiger partial charge in [-0.1, -0.05) is 12.1 Å². The summed E-state index contributed by atoms with van der Waals surface area (Å²) in [6.45, 7) is 8.42. The van der Waals surface area contributed by atoms with E-state index in [1.165, 1.54) is 12.8 Å². The number of hydrogen-bond donors (Lipinski definition) is 0. The highest BCUT2D eigenvalue weighted by Crippen LogP contribution is 2.30. The quantitative estimate of drug-likeness (QED) is 0.807. The molecule has 5 heteroatoms. The van der Waals surface area contributed by atoms with Crippen LogP contribution in [0, 0.1) is 19.8 Å². The number of hydrogen-bond acceptors (Lipinski definition) is 4. The lowest BCUT2D eigenvalue weighted by molar-refractivity contribution is -0.135. The van der Waals surface area contributed by atoms with Crippen LogP contribution < -0.4 is 0 Å². The first-order valence-corrected chi connectivity index (χ1v) is 8.86. The second-order valence-electron chi connectivity index (χ2n) is 7.22. The number of carbonyl (C=O) groups is 1. The summed E-state index contributed by atoms with van der Waals surface area (Å²) in [6, 6.07) is 0. The third-order valence-electron chi connectivity index (χ3n) is 5.06. The molecule has 1 aromatic heterocycles. The first kappa shape index (κ1) is 16.5. The fourth-order valence-corrected chi connectivity index (χ4v) is 3.54. The molecule has 23 heavy (non-hydrogen) atoms. The van der Waals surface area contributed by atoms with E-state index in [9.17, 15) is 4.79 Å². The van der Waals surface area contributed by atoms with E-state index in [4.69, 9.17) is 9.26 Å². The normalized spacial score (nSPS) is 23.1. The summed E-state index contributed by atoms with van der Waals surface area (Å²) >= 11 is 0. The van der Waals surface area contributed by atoms with E-state index in [-0.39, 0.29) is 17.9 Å². The van der Waals surface area contributed by atoms with Crippen LogP contribution >= 0.6 is 0 Å². The van der Waals surface area contributed by atoms with Gasteiger partial charge in [0.1, 0.15) is 5.76 Å². The zero-order chi connectivity index (χ0) is 16.4. The summed E-state index contributed by atoms with van der Waals surface area (Å²) in [5.41, 5.74) is 1.98. The van der Waals surface area contributed by atoms with Gasteiger partial charge in [-0.15, -0.1) is 0 Å². The molecule has 0 spiro atoms. The number of nitrogens with zero attached hydrogens (tertiary/aromatic N) is 2. The van der Waals surface area contributed by atoms with Crippen LogP contribution in [0.4, 0.5) is 0 Å². The average molecular weight is 320 g/mol. The maximum Gasteiger partial charge on any atom is 0.223 e. The highest BCUT2D eigenvalue weighted by atomic mass is 16.5. The van der Waals surface area contributed by atoms with E-state index in [0.29, 0.717) is 6.42 Å². The molecule has 1 aliphatic carbocycles. The molecule has 0 radical (unpaired) electrons. The van der Waals surface area contributed by atoms with Crippen LogP contribution in [-0.4, -0.2) is 41.8 Å². The minimum Gasteiger partial charge on any atom is -0.376 e. The maximum absolute atomic E-state index is 12.6. The molecule has 1 aromatic rings. The monoisotopic (exact) mass is 320 g/mol. The maximum atomic E-state index is 12.6. The Morgan fingerprint density at radius 2 is 2.17 bits per heavy atom. The molecule has 0 bridgehead atoms. The van der Waals surface area contributed by atoms with Gasteiger partial charge in [-0.3, -0.25) is 4.79 Å². The smallest absolute Gasteiger partial charge is 0.223 e. The van der Waals surface area contributed by atoms with Gasteiger partial charge in [0, 0.05) is 31.7 Å². The molecule has 3 rings (SSSR count). The van der Waals surface area contributed by atoms with Crippen LogP contribution in [0.25, 0.3) is 0 Å². The van der Waals surface area contributed by atoms with Crippen molar-refractivity contribution in [1.82, 2.24) is 10.1 Å². The molecule has 2 heterocycles. The largest absolute Gasteiger partial charge is 0.376 e. The molecule has 2 unspecified atom stereocenters. The molecule has 1 aliphatic heterocycles. The van der Waals surface area contributed by atoms with Gasteiger partial charge >= 0.3 is 0 Å². The molecule has 0 aromatic carbocycles. The van der Waals surface area contributed by atoms with Crippen LogP contribution in [0.3, 0.4) is 0 Å². The van der Waals surface area contributed by atoms with Crippen molar-refractivity contribution < 1.29 is 14.1 Å². The topological polar surface area (TPSA) is 55.6 Å². The van der Waals surface area contributed by atoms with Crippen molar-refractivity contribution in [2.75, 3.05) is 19.7 Å². The summed E-state index contributed by atoms with van der Waals surface area (Å²) < 4.78 is 11.2. The van der Waals surface area contributed by atoms with Crippen LogP contribution in [0.1, 0.15) is 62.0 Å². The summed E-state index contributed by atoms with van der Waals surface area (Å²) in [5.74, 6) is 1.96. The van der Waals surface area contributed by atoms with Crippen molar-refractivity contribution in [2.24, 2.45) is 5.92 Å². The van der Waals surface area contributed by atoms with Crippen LogP contribution in [0.5, 0.6) is 0 Å². The first-order valence-electron chi connectivity index (χ1n) is 8.86. The Morgan fingerprint density at radius 3 is 2.83 bits per heavy atom. The molecule has 0 N–H and O–H groups in total. The number of carbonyl (C=O) groups excluding carboxylic acids is 1. The van der Waals surface area contributed by atoms with Crippen molar-refractivity contribution in [3.63, 3.8) is 0 Å². The highest BCUT2D eigenvalue weighted by molar-refractivity contribution is 5.77. The lowest BCUT2D eigenvalue weighted by atomic mass is 9.95. The SMILES string of the molecule is Cc1noc(C)c1C(C)CC(=O)N1CCCC(OCC2CC2)C1. The van der Waals surface area contributed by atoms with E-state index in [2.05, 4.69) is 12.1 Å². The van der Waals surface area contributed by atoms with Gasteiger partial charge in [0.05, 0.1) is 11.8 Å². The van der Waals surface area contributed by atoms with Crippen molar-refractivity contribution in [2.45, 2.75) is 64.9 Å². The molecule has 128 valence electrons. The van der Waals surface area contributed by atoms with Gasteiger partial charge in [-0.05, 0) is 51.4 Å². The van der Waals surface area contributed by atoms with Gasteiger partial charge in [-0.25, -0.2) is 0 Å². The first-order chi connectivity index (χ1) is 11.0. The minimum atomic E-state index is 0.140. The van der Waals surface area contributed by atoms with Gasteiger partial charge in [0.2, 0.25) is 5.91 Å². The number of rotatable bonds is 6. The molecular weight excluding hydrogens is 292 g/mol. The molecule has 1 saturated carbocycles. The van der Waals surface area contributed by atoms with E-state index in [1.54, 1.807) is 0 Å². The van der Waals surface area contributed by atoms with Gasteiger partial charge in [0.25, 0.3) is 0 Å². The second kappa shape index (κ2) is 7.04. The fourth-order valence-electron chi connectivity index (χ4n) is 3.54. The van der Waals surface area contributed by atoms with Crippen LogP contribution in [0.15, 0.2) is 4.52 Å². The fraction of sp³-hybridized carbons (Fsp3) is 0.778. The number of ether oxygens (including phenoxy) is 1. The van der Waals surface area contributed by atoms with E-state index >= 15 is 0 Å². The number of aryl methyl sites for hydroxylation is 2. The van der Waals surface area contributed by atoms with Crippen molar-refractivity contribution in [3.05, 3.63) is 17.0 Å². The highest BCUT2D eigenvalue weighted by Gasteiger charge is 2.29. The number of likely N-dealkylation sites (tertiary alicyclic amines) is 1. The standard InChI is InChI=1S/C18H28N2O3/c1-12(18-13(2)19-23-14(18)3)9-17(21)20-8-4-5-16(10-20)22-11-15-6-7-15/h12,15-16H,4-11H2,1-3H3. The third kappa shape index (κ3) is 4.14. The van der Waals surface area contributed by atoms with E-state index in [0.717, 1.165) is 55.5 Å². The van der Waals surface area contributed by atoms with Crippen molar-refractivity contribution >= 4 is 5.91 Å². The Hall–Kier alpha value is -1.36. The zero-order valence-corrected chi connectivity index (χ0v) is 14.5. The molecule has 1 saturated heterocycles. The van der Waals surface area contributed by atoms with Crippen molar-refractivity contribution in [1.29, 1.82) is 0 Å². The summed E-state index contributed by atoms with van der Waals surface area (Å²) in [4.78, 5) is 14.6. The lowest BCUT2D eigenvalue weighted by Crippen LogP contribution is -2.43. The predicted octanol–water partition coefficient (Wildman–Crippen LogP) is 3.20. The summed E-state index contributed by atoms with van der Waals surface area (Å²) in [5, 5.41) is 4.00. The average Bonchev–Trinajstić information content (AvgIpc) is 3.30. The van der Waals surface area contributed by atoms with Crippen LogP contribution in [0.2, 0.25) is 0 Å². The third-order valence-corrected chi connectivity index (χ3v) is 5.06. The Balaban J connectivity index is 1.52. The predicted molar refractivity (Wildman–Crippen MR) is 87.3 cm³/mol. The molecule has 5 nitrogen and oxygen atoms in total. The molecule has 2 atom stereocenters. The summed E-state index contributed by atoms with van der Waals surface area (Å²) in [6.07, 6.45) is 5.48. The second-order valence-corrected chi connectivity index (χ2v) is 7.22. The van der Waals surface area contributed by atoms with Gasteiger partial charge < -0.3 is 14.2 Å². The number of amides is 1. The minimum absolute atomic E-state index is 0.140. The number of piperidine rings is 1. The van der Waals surface area contributed by atoms with Crippen LogP contribution in [-0.2, 0) is 9.53 Å². The zero-order valence-electron chi connectivity index (χ0n) is 14.5.